The third kappa shape index (κ3) is 4.89. The molecule has 1 heterocycles. The molecule has 0 aliphatic rings. The molecule has 0 spiro atoms. The molecule has 0 unspecified atom stereocenters. The summed E-state index contributed by atoms with van der Waals surface area (Å²) in [5, 5.41) is 0.649. The fourth-order valence-electron chi connectivity index (χ4n) is 2.35. The molecular weight excluding hydrogens is 462 g/mol. The minimum Gasteiger partial charge on any atom is -0.329 e. The summed E-state index contributed by atoms with van der Waals surface area (Å²) in [5.74, 6) is 0.274. The van der Waals surface area contributed by atoms with Crippen LogP contribution < -0.4 is 0 Å². The van der Waals surface area contributed by atoms with Gasteiger partial charge in [-0.05, 0) is 29.7 Å². The predicted octanol–water partition coefficient (Wildman–Crippen LogP) is 3.01. The number of rotatable bonds is 5. The Hall–Kier alpha value is 0.748. The number of hydrogen-bond donors (Lipinski definition) is 0. The van der Waals surface area contributed by atoms with E-state index in [0.717, 1.165) is 11.1 Å². The van der Waals surface area contributed by atoms with Crippen LogP contribution in [0.2, 0.25) is 0 Å². The maximum absolute atomic E-state index is 12.7. The van der Waals surface area contributed by atoms with Crippen molar-refractivity contribution in [3.05, 3.63) is 49.9 Å². The molecular formula is C16H20N2O2SY2-2. The van der Waals surface area contributed by atoms with Gasteiger partial charge in [-0.2, -0.15) is 0 Å². The summed E-state index contributed by atoms with van der Waals surface area (Å²) in [5.41, 5.74) is 1.78. The summed E-state index contributed by atoms with van der Waals surface area (Å²) >= 11 is 0. The van der Waals surface area contributed by atoms with Gasteiger partial charge in [0.25, 0.3) is 0 Å². The van der Waals surface area contributed by atoms with Crippen LogP contribution in [-0.4, -0.2) is 30.8 Å². The number of sulfonamides is 1. The molecule has 0 fully saturated rings. The number of benzene rings is 1. The molecule has 4 nitrogen and oxygen atoms in total. The van der Waals surface area contributed by atoms with Gasteiger partial charge in [0.1, 0.15) is 0 Å². The quantitative estimate of drug-likeness (QED) is 0.617. The number of fused-ring (bicyclic) bond motifs is 1. The average Bonchev–Trinajstić information content (AvgIpc) is 2.46. The Balaban J connectivity index is 0.00000242. The first-order valence-electron chi connectivity index (χ1n) is 6.89. The Bertz CT molecular complexity index is 745. The first-order valence-corrected chi connectivity index (χ1v) is 8.33. The molecule has 0 saturated heterocycles. The van der Waals surface area contributed by atoms with Gasteiger partial charge < -0.3 is 13.8 Å². The minimum atomic E-state index is -3.60. The molecule has 2 rings (SSSR count). The van der Waals surface area contributed by atoms with Crippen LogP contribution in [0.15, 0.2) is 35.4 Å². The second kappa shape index (κ2) is 10.0. The number of aromatic nitrogens is 1. The van der Waals surface area contributed by atoms with E-state index in [1.165, 1.54) is 4.31 Å². The van der Waals surface area contributed by atoms with Crippen LogP contribution >= 0.6 is 0 Å². The van der Waals surface area contributed by atoms with Gasteiger partial charge in [0.05, 0.1) is 10.4 Å². The number of pyridine rings is 1. The van der Waals surface area contributed by atoms with Crippen molar-refractivity contribution in [1.82, 2.24) is 9.29 Å². The normalized spacial score (nSPS) is 11.4. The summed E-state index contributed by atoms with van der Waals surface area (Å²) < 4.78 is 26.7. The van der Waals surface area contributed by atoms with Gasteiger partial charge in [-0.15, -0.1) is 13.1 Å². The molecule has 120 valence electrons. The third-order valence-corrected chi connectivity index (χ3v) is 5.46. The first kappa shape index (κ1) is 23.7. The van der Waals surface area contributed by atoms with Gasteiger partial charge >= 0.3 is 0 Å². The molecule has 2 radical (unpaired) electrons. The van der Waals surface area contributed by atoms with E-state index in [9.17, 15) is 8.42 Å². The zero-order chi connectivity index (χ0) is 15.6. The molecule has 0 atom stereocenters. The molecule has 1 aromatic heterocycles. The van der Waals surface area contributed by atoms with Crippen molar-refractivity contribution in [2.24, 2.45) is 0 Å². The molecule has 2 aromatic rings. The van der Waals surface area contributed by atoms with Crippen molar-refractivity contribution in [2.45, 2.75) is 24.7 Å². The fraction of sp³-hybridized carbons (Fsp3) is 0.312. The van der Waals surface area contributed by atoms with Gasteiger partial charge in [-0.3, -0.25) is 9.29 Å². The standard InChI is InChI=1S/C16H20N2O2S.2Y/c1-5-18(6-2)21(19,20)15-10-9-13(12(3)4)16-14(15)8-7-11-17-16;;/h7-12H,1-2,5-6H2,3-4H3;;/q-2;;. The Morgan fingerprint density at radius 1 is 1.13 bits per heavy atom. The predicted molar refractivity (Wildman–Crippen MR) is 85.3 cm³/mol. The summed E-state index contributed by atoms with van der Waals surface area (Å²) in [6.07, 6.45) is 1.69. The summed E-state index contributed by atoms with van der Waals surface area (Å²) in [4.78, 5) is 4.64. The maximum Gasteiger partial charge on any atom is 0.239 e. The van der Waals surface area contributed by atoms with Crippen molar-refractivity contribution < 1.29 is 73.8 Å². The first-order chi connectivity index (χ1) is 9.93. The summed E-state index contributed by atoms with van der Waals surface area (Å²) in [6, 6.07) is 7.06. The molecule has 0 aliphatic carbocycles. The van der Waals surface area contributed by atoms with Gasteiger partial charge in [-0.1, -0.05) is 19.9 Å². The molecule has 1 aromatic carbocycles. The van der Waals surface area contributed by atoms with Crippen LogP contribution in [0.4, 0.5) is 0 Å². The second-order valence-corrected chi connectivity index (χ2v) is 7.02. The van der Waals surface area contributed by atoms with Gasteiger partial charge in [0, 0.05) is 77.0 Å². The van der Waals surface area contributed by atoms with E-state index in [0.29, 0.717) is 5.39 Å². The third-order valence-electron chi connectivity index (χ3n) is 3.50. The molecule has 23 heavy (non-hydrogen) atoms. The largest absolute Gasteiger partial charge is 0.329 e. The van der Waals surface area contributed by atoms with Crippen LogP contribution in [0.3, 0.4) is 0 Å². The summed E-state index contributed by atoms with van der Waals surface area (Å²) in [7, 11) is -3.60. The molecule has 0 N–H and O–H groups in total. The van der Waals surface area contributed by atoms with E-state index < -0.39 is 10.0 Å². The topological polar surface area (TPSA) is 50.3 Å². The second-order valence-electron chi connectivity index (χ2n) is 5.11. The van der Waals surface area contributed by atoms with Crippen LogP contribution in [0.1, 0.15) is 25.3 Å². The van der Waals surface area contributed by atoms with Crippen molar-refractivity contribution in [1.29, 1.82) is 0 Å². The van der Waals surface area contributed by atoms with E-state index in [2.05, 4.69) is 32.7 Å². The van der Waals surface area contributed by atoms with E-state index in [1.807, 2.05) is 6.07 Å². The van der Waals surface area contributed by atoms with Crippen LogP contribution in [0.25, 0.3) is 10.9 Å². The van der Waals surface area contributed by atoms with E-state index in [1.54, 1.807) is 24.4 Å². The van der Waals surface area contributed by atoms with Crippen LogP contribution in [0.5, 0.6) is 0 Å². The molecule has 0 aliphatic heterocycles. The van der Waals surface area contributed by atoms with Crippen molar-refractivity contribution >= 4 is 20.9 Å². The Morgan fingerprint density at radius 2 is 1.74 bits per heavy atom. The SMILES string of the molecule is [CH2-]CN(C[CH2-])S(=O)(=O)c1ccc(C(C)C)c2ncccc12.[Y].[Y]. The summed E-state index contributed by atoms with van der Waals surface area (Å²) in [6.45, 7) is 11.8. The Labute approximate surface area is 189 Å². The Kier molecular flexibility index (Phi) is 10.4. The number of nitrogens with zero attached hydrogens (tertiary/aromatic N) is 2. The van der Waals surface area contributed by atoms with Gasteiger partial charge in [-0.25, -0.2) is 8.42 Å². The maximum atomic E-state index is 12.7. The Morgan fingerprint density at radius 3 is 2.26 bits per heavy atom. The van der Waals surface area contributed by atoms with E-state index >= 15 is 0 Å². The molecule has 0 saturated carbocycles. The number of hydrogen-bond acceptors (Lipinski definition) is 3. The average molecular weight is 482 g/mol. The minimum absolute atomic E-state index is 0. The zero-order valence-corrected chi connectivity index (χ0v) is 20.1. The van der Waals surface area contributed by atoms with E-state index in [4.69, 9.17) is 0 Å². The molecule has 7 heteroatoms. The van der Waals surface area contributed by atoms with E-state index in [-0.39, 0.29) is 89.3 Å². The molecule has 0 bridgehead atoms. The van der Waals surface area contributed by atoms with Gasteiger partial charge in [0.15, 0.2) is 0 Å². The fourth-order valence-corrected chi connectivity index (χ4v) is 3.79. The molecule has 0 amide bonds. The van der Waals surface area contributed by atoms with Crippen LogP contribution in [0, 0.1) is 13.8 Å². The zero-order valence-electron chi connectivity index (χ0n) is 13.6. The smallest absolute Gasteiger partial charge is 0.239 e. The van der Waals surface area contributed by atoms with Crippen molar-refractivity contribution in [3.8, 4) is 0 Å². The van der Waals surface area contributed by atoms with Gasteiger partial charge in [0.2, 0.25) is 10.0 Å². The van der Waals surface area contributed by atoms with Crippen molar-refractivity contribution in [2.75, 3.05) is 13.1 Å². The van der Waals surface area contributed by atoms with Crippen molar-refractivity contribution in [3.63, 3.8) is 0 Å². The monoisotopic (exact) mass is 482 g/mol. The van der Waals surface area contributed by atoms with Crippen LogP contribution in [-0.2, 0) is 75.4 Å².